The Morgan fingerprint density at radius 3 is 2.68 bits per heavy atom. The summed E-state index contributed by atoms with van der Waals surface area (Å²) in [5.41, 5.74) is 4.67. The zero-order valence-electron chi connectivity index (χ0n) is 20.0. The van der Waals surface area contributed by atoms with Crippen molar-refractivity contribution >= 4 is 23.3 Å². The molecule has 0 unspecified atom stereocenters. The van der Waals surface area contributed by atoms with Crippen molar-refractivity contribution in [2.45, 2.75) is 26.4 Å². The SMILES string of the molecule is COc1cc(=O)n2c(c1C(=O)N(C)Cc1ccsc1)CCN(C/C(C)=C/c1ccccc1)CC2. The third-order valence-corrected chi connectivity index (χ3v) is 6.88. The summed E-state index contributed by atoms with van der Waals surface area (Å²) in [4.78, 5) is 30.5. The van der Waals surface area contributed by atoms with Crippen LogP contribution in [0.5, 0.6) is 5.75 Å². The van der Waals surface area contributed by atoms with Gasteiger partial charge in [-0.25, -0.2) is 0 Å². The Kier molecular flexibility index (Phi) is 7.65. The Bertz CT molecular complexity index is 1220. The number of methoxy groups -OCH3 is 1. The summed E-state index contributed by atoms with van der Waals surface area (Å²) >= 11 is 1.61. The van der Waals surface area contributed by atoms with E-state index in [2.05, 4.69) is 30.0 Å². The molecule has 0 fully saturated rings. The van der Waals surface area contributed by atoms with Gasteiger partial charge in [-0.2, -0.15) is 11.3 Å². The number of ether oxygens (including phenoxy) is 1. The van der Waals surface area contributed by atoms with E-state index in [0.29, 0.717) is 30.8 Å². The average molecular weight is 478 g/mol. The molecule has 4 rings (SSSR count). The van der Waals surface area contributed by atoms with E-state index in [4.69, 9.17) is 4.74 Å². The molecule has 0 N–H and O–H groups in total. The van der Waals surface area contributed by atoms with Crippen LogP contribution in [-0.4, -0.2) is 54.1 Å². The maximum atomic E-state index is 13.5. The Balaban J connectivity index is 1.57. The minimum atomic E-state index is -0.125. The van der Waals surface area contributed by atoms with E-state index in [0.717, 1.165) is 30.9 Å². The first-order valence-electron chi connectivity index (χ1n) is 11.5. The second-order valence-electron chi connectivity index (χ2n) is 8.74. The molecule has 1 aromatic carbocycles. The van der Waals surface area contributed by atoms with Crippen LogP contribution in [0.4, 0.5) is 0 Å². The van der Waals surface area contributed by atoms with E-state index in [1.54, 1.807) is 27.9 Å². The standard InChI is InChI=1S/C27H31N3O3S/c1-20(15-21-7-5-4-6-8-21)17-29-11-9-23-26(24(33-3)16-25(31)30(23)13-12-29)27(32)28(2)18-22-10-14-34-19-22/h4-8,10,14-16,19H,9,11-13,17-18H2,1-3H3/b20-15+. The van der Waals surface area contributed by atoms with Gasteiger partial charge in [0.15, 0.2) is 0 Å². The molecule has 0 spiro atoms. The first kappa shape index (κ1) is 24.0. The molecule has 1 amide bonds. The van der Waals surface area contributed by atoms with Crippen molar-refractivity contribution in [2.24, 2.45) is 0 Å². The van der Waals surface area contributed by atoms with E-state index < -0.39 is 0 Å². The average Bonchev–Trinajstić information content (AvgIpc) is 3.25. The molecule has 7 heteroatoms. The quantitative estimate of drug-likeness (QED) is 0.513. The summed E-state index contributed by atoms with van der Waals surface area (Å²) in [7, 11) is 3.31. The molecule has 1 aliphatic heterocycles. The van der Waals surface area contributed by atoms with Crippen molar-refractivity contribution in [2.75, 3.05) is 33.8 Å². The topological polar surface area (TPSA) is 54.8 Å². The van der Waals surface area contributed by atoms with Gasteiger partial charge >= 0.3 is 0 Å². The van der Waals surface area contributed by atoms with Crippen LogP contribution in [-0.2, 0) is 19.5 Å². The molecule has 6 nitrogen and oxygen atoms in total. The summed E-state index contributed by atoms with van der Waals surface area (Å²) in [6.45, 7) is 5.52. The fourth-order valence-electron chi connectivity index (χ4n) is 4.49. The summed E-state index contributed by atoms with van der Waals surface area (Å²) in [6, 6.07) is 13.7. The van der Waals surface area contributed by atoms with Crippen LogP contribution in [0.3, 0.4) is 0 Å². The van der Waals surface area contributed by atoms with Gasteiger partial charge < -0.3 is 14.2 Å². The van der Waals surface area contributed by atoms with Gasteiger partial charge in [-0.1, -0.05) is 42.0 Å². The molecule has 0 atom stereocenters. The summed E-state index contributed by atoms with van der Waals surface area (Å²) in [5.74, 6) is 0.229. The van der Waals surface area contributed by atoms with Crippen LogP contribution in [0, 0.1) is 0 Å². The highest BCUT2D eigenvalue weighted by Crippen LogP contribution is 2.25. The lowest BCUT2D eigenvalue weighted by molar-refractivity contribution is 0.0779. The van der Waals surface area contributed by atoms with E-state index >= 15 is 0 Å². The molecule has 0 bridgehead atoms. The smallest absolute Gasteiger partial charge is 0.259 e. The van der Waals surface area contributed by atoms with Gasteiger partial charge in [-0.15, -0.1) is 0 Å². The second-order valence-corrected chi connectivity index (χ2v) is 9.52. The number of carbonyl (C=O) groups excluding carboxylic acids is 1. The van der Waals surface area contributed by atoms with Crippen molar-refractivity contribution in [3.05, 3.63) is 91.5 Å². The zero-order valence-corrected chi connectivity index (χ0v) is 20.8. The molecular formula is C27H31N3O3S. The van der Waals surface area contributed by atoms with Crippen molar-refractivity contribution < 1.29 is 9.53 Å². The normalized spacial score (nSPS) is 14.4. The van der Waals surface area contributed by atoms with Gasteiger partial charge in [0.05, 0.1) is 7.11 Å². The highest BCUT2D eigenvalue weighted by molar-refractivity contribution is 7.07. The Labute approximate surface area is 204 Å². The number of carbonyl (C=O) groups is 1. The third-order valence-electron chi connectivity index (χ3n) is 6.15. The predicted molar refractivity (Wildman–Crippen MR) is 138 cm³/mol. The number of hydrogen-bond acceptors (Lipinski definition) is 5. The first-order chi connectivity index (χ1) is 16.5. The summed E-state index contributed by atoms with van der Waals surface area (Å²) in [6.07, 6.45) is 2.81. The lowest BCUT2D eigenvalue weighted by Gasteiger charge is -2.22. The van der Waals surface area contributed by atoms with Crippen molar-refractivity contribution in [3.63, 3.8) is 0 Å². The van der Waals surface area contributed by atoms with Crippen LogP contribution in [0.1, 0.15) is 34.1 Å². The van der Waals surface area contributed by atoms with Crippen LogP contribution in [0.25, 0.3) is 6.08 Å². The van der Waals surface area contributed by atoms with Gasteiger partial charge in [-0.3, -0.25) is 14.5 Å². The third kappa shape index (κ3) is 5.48. The number of hydrogen-bond donors (Lipinski definition) is 0. The van der Waals surface area contributed by atoms with Crippen LogP contribution in [0.2, 0.25) is 0 Å². The highest BCUT2D eigenvalue weighted by atomic mass is 32.1. The molecule has 2 aromatic heterocycles. The minimum Gasteiger partial charge on any atom is -0.496 e. The maximum absolute atomic E-state index is 13.5. The highest BCUT2D eigenvalue weighted by Gasteiger charge is 2.27. The van der Waals surface area contributed by atoms with E-state index in [1.807, 2.05) is 35.0 Å². The van der Waals surface area contributed by atoms with Gasteiger partial charge in [0.2, 0.25) is 0 Å². The summed E-state index contributed by atoms with van der Waals surface area (Å²) < 4.78 is 7.27. The molecular weight excluding hydrogens is 446 g/mol. The summed E-state index contributed by atoms with van der Waals surface area (Å²) in [5, 5.41) is 4.05. The van der Waals surface area contributed by atoms with Gasteiger partial charge in [0.1, 0.15) is 11.3 Å². The van der Waals surface area contributed by atoms with E-state index in [9.17, 15) is 9.59 Å². The molecule has 0 aliphatic carbocycles. The molecule has 0 saturated heterocycles. The number of rotatable bonds is 7. The predicted octanol–water partition coefficient (Wildman–Crippen LogP) is 4.15. The van der Waals surface area contributed by atoms with Crippen LogP contribution < -0.4 is 10.3 Å². The Hall–Kier alpha value is -3.16. The second kappa shape index (κ2) is 10.8. The van der Waals surface area contributed by atoms with Gasteiger partial charge in [0, 0.05) is 58.0 Å². The number of fused-ring (bicyclic) bond motifs is 1. The van der Waals surface area contributed by atoms with E-state index in [1.165, 1.54) is 24.3 Å². The Morgan fingerprint density at radius 1 is 1.18 bits per heavy atom. The van der Waals surface area contributed by atoms with Crippen molar-refractivity contribution in [1.82, 2.24) is 14.4 Å². The largest absolute Gasteiger partial charge is 0.496 e. The van der Waals surface area contributed by atoms with E-state index in [-0.39, 0.29) is 11.5 Å². The van der Waals surface area contributed by atoms with Gasteiger partial charge in [-0.05, 0) is 34.9 Å². The minimum absolute atomic E-state index is 0.123. The first-order valence-corrected chi connectivity index (χ1v) is 12.4. The number of aromatic nitrogens is 1. The number of nitrogens with zero attached hydrogens (tertiary/aromatic N) is 3. The number of thiophene rings is 1. The fourth-order valence-corrected chi connectivity index (χ4v) is 5.15. The number of amides is 1. The van der Waals surface area contributed by atoms with Crippen molar-refractivity contribution in [1.29, 1.82) is 0 Å². The Morgan fingerprint density at radius 2 is 1.97 bits per heavy atom. The molecule has 3 aromatic rings. The monoisotopic (exact) mass is 477 g/mol. The molecule has 1 aliphatic rings. The molecule has 178 valence electrons. The van der Waals surface area contributed by atoms with Crippen molar-refractivity contribution in [3.8, 4) is 5.75 Å². The zero-order chi connectivity index (χ0) is 24.1. The molecule has 0 saturated carbocycles. The number of pyridine rings is 1. The molecule has 34 heavy (non-hydrogen) atoms. The molecule has 0 radical (unpaired) electrons. The fraction of sp³-hybridized carbons (Fsp3) is 0.333. The maximum Gasteiger partial charge on any atom is 0.259 e. The van der Waals surface area contributed by atoms with Crippen LogP contribution >= 0.6 is 11.3 Å². The lowest BCUT2D eigenvalue weighted by Crippen LogP contribution is -2.32. The van der Waals surface area contributed by atoms with Gasteiger partial charge in [0.25, 0.3) is 11.5 Å². The lowest BCUT2D eigenvalue weighted by atomic mass is 10.1. The molecule has 3 heterocycles. The van der Waals surface area contributed by atoms with Crippen LogP contribution in [0.15, 0.2) is 63.6 Å². The number of benzene rings is 1.